The predicted molar refractivity (Wildman–Crippen MR) is 95.9 cm³/mol. The minimum Gasteiger partial charge on any atom is -0.399 e. The predicted octanol–water partition coefficient (Wildman–Crippen LogP) is 1.18. The van der Waals surface area contributed by atoms with Gasteiger partial charge in [0.15, 0.2) is 5.96 Å². The molecule has 0 spiro atoms. The minimum absolute atomic E-state index is 0.0387. The quantitative estimate of drug-likeness (QED) is 0.643. The maximum Gasteiger partial charge on any atom is 0.231 e. The van der Waals surface area contributed by atoms with Gasteiger partial charge < -0.3 is 11.5 Å². The van der Waals surface area contributed by atoms with Gasteiger partial charge in [-0.1, -0.05) is 11.5 Å². The van der Waals surface area contributed by atoms with E-state index in [-0.39, 0.29) is 11.9 Å². The summed E-state index contributed by atoms with van der Waals surface area (Å²) in [5.74, 6) is 0.204. The number of rotatable bonds is 2. The lowest BCUT2D eigenvalue weighted by Gasteiger charge is -2.32. The summed E-state index contributed by atoms with van der Waals surface area (Å²) >= 11 is 1.55. The molecular weight excluding hydrogens is 307 g/mol. The average molecular weight is 324 g/mol. The second-order valence-corrected chi connectivity index (χ2v) is 6.87. The average Bonchev–Trinajstić information content (AvgIpc) is 2.94. The number of amides is 1. The SMILES string of the molecule is [B]c1cc(N)cc(-c2csc([C@]3(C)CC(=O)N(C)C(N)=N3)c2)c1. The molecule has 0 saturated carbocycles. The van der Waals surface area contributed by atoms with Crippen molar-refractivity contribution in [3.8, 4) is 11.1 Å². The molecule has 1 aliphatic heterocycles. The normalized spacial score (nSPS) is 21.4. The van der Waals surface area contributed by atoms with Crippen LogP contribution in [0.3, 0.4) is 0 Å². The molecule has 7 heteroatoms. The summed E-state index contributed by atoms with van der Waals surface area (Å²) in [5, 5.41) is 2.02. The Hall–Kier alpha value is -2.28. The monoisotopic (exact) mass is 324 g/mol. The van der Waals surface area contributed by atoms with Crippen molar-refractivity contribution in [2.45, 2.75) is 18.9 Å². The zero-order valence-corrected chi connectivity index (χ0v) is 13.9. The number of carbonyl (C=O) groups excluding carboxylic acids is 1. The molecule has 4 N–H and O–H groups in total. The maximum atomic E-state index is 12.1. The van der Waals surface area contributed by atoms with Crippen molar-refractivity contribution in [3.63, 3.8) is 0 Å². The summed E-state index contributed by atoms with van der Waals surface area (Å²) < 4.78 is 0. The van der Waals surface area contributed by atoms with Crippen LogP contribution in [-0.2, 0) is 10.3 Å². The highest BCUT2D eigenvalue weighted by atomic mass is 32.1. The van der Waals surface area contributed by atoms with Gasteiger partial charge in [0.25, 0.3) is 0 Å². The topological polar surface area (TPSA) is 84.7 Å². The van der Waals surface area contributed by atoms with Gasteiger partial charge in [-0.25, -0.2) is 4.99 Å². The van der Waals surface area contributed by atoms with E-state index in [1.807, 2.05) is 30.5 Å². The molecule has 5 nitrogen and oxygen atoms in total. The van der Waals surface area contributed by atoms with Crippen LogP contribution < -0.4 is 16.9 Å². The lowest BCUT2D eigenvalue weighted by molar-refractivity contribution is -0.128. The first-order chi connectivity index (χ1) is 10.8. The van der Waals surface area contributed by atoms with Gasteiger partial charge in [0.1, 0.15) is 13.4 Å². The van der Waals surface area contributed by atoms with Crippen LogP contribution in [0.15, 0.2) is 34.6 Å². The summed E-state index contributed by atoms with van der Waals surface area (Å²) in [6.07, 6.45) is 0.295. The van der Waals surface area contributed by atoms with E-state index in [1.54, 1.807) is 24.5 Å². The zero-order chi connectivity index (χ0) is 16.8. The molecule has 1 aromatic carbocycles. The highest BCUT2D eigenvalue weighted by Gasteiger charge is 2.37. The summed E-state index contributed by atoms with van der Waals surface area (Å²) in [7, 11) is 7.49. The molecule has 1 aromatic heterocycles. The largest absolute Gasteiger partial charge is 0.399 e. The van der Waals surface area contributed by atoms with Crippen molar-refractivity contribution in [3.05, 3.63) is 34.5 Å². The Balaban J connectivity index is 2.00. The summed E-state index contributed by atoms with van der Waals surface area (Å²) in [6, 6.07) is 7.50. The van der Waals surface area contributed by atoms with E-state index < -0.39 is 5.54 Å². The van der Waals surface area contributed by atoms with Gasteiger partial charge in [0, 0.05) is 17.6 Å². The molecule has 2 heterocycles. The molecule has 0 saturated heterocycles. The second-order valence-electron chi connectivity index (χ2n) is 5.96. The molecule has 0 aliphatic carbocycles. The van der Waals surface area contributed by atoms with E-state index >= 15 is 0 Å². The number of carbonyl (C=O) groups is 1. The number of thiophene rings is 1. The molecule has 1 aliphatic rings. The van der Waals surface area contributed by atoms with E-state index in [2.05, 4.69) is 4.99 Å². The molecule has 3 rings (SSSR count). The molecule has 0 unspecified atom stereocenters. The lowest BCUT2D eigenvalue weighted by Crippen LogP contribution is -2.47. The number of anilines is 1. The fraction of sp³-hybridized carbons (Fsp3) is 0.250. The Morgan fingerprint density at radius 2 is 2.00 bits per heavy atom. The Kier molecular flexibility index (Phi) is 3.68. The van der Waals surface area contributed by atoms with Crippen molar-refractivity contribution in [1.29, 1.82) is 0 Å². The smallest absolute Gasteiger partial charge is 0.231 e. The van der Waals surface area contributed by atoms with Gasteiger partial charge in [0.2, 0.25) is 5.91 Å². The Bertz CT molecular complexity index is 796. The maximum absolute atomic E-state index is 12.1. The van der Waals surface area contributed by atoms with Gasteiger partial charge in [0.05, 0.1) is 6.42 Å². The van der Waals surface area contributed by atoms with E-state index in [9.17, 15) is 4.79 Å². The van der Waals surface area contributed by atoms with Gasteiger partial charge in [-0.05, 0) is 41.6 Å². The van der Waals surface area contributed by atoms with Crippen LogP contribution in [0.1, 0.15) is 18.2 Å². The summed E-state index contributed by atoms with van der Waals surface area (Å²) in [6.45, 7) is 1.92. The number of guanidine groups is 1. The fourth-order valence-corrected chi connectivity index (χ4v) is 3.69. The molecule has 23 heavy (non-hydrogen) atoms. The third-order valence-corrected chi connectivity index (χ3v) is 5.20. The molecule has 1 amide bonds. The molecular formula is C16H17BN4OS. The van der Waals surface area contributed by atoms with E-state index in [1.165, 1.54) is 4.90 Å². The molecule has 0 bridgehead atoms. The van der Waals surface area contributed by atoms with Crippen molar-refractivity contribution < 1.29 is 4.79 Å². The van der Waals surface area contributed by atoms with Crippen molar-refractivity contribution >= 4 is 42.2 Å². The van der Waals surface area contributed by atoms with Crippen molar-refractivity contribution in [2.75, 3.05) is 12.8 Å². The van der Waals surface area contributed by atoms with Gasteiger partial charge in [-0.15, -0.1) is 11.3 Å². The van der Waals surface area contributed by atoms with Gasteiger partial charge >= 0.3 is 0 Å². The molecule has 116 valence electrons. The standard InChI is InChI=1S/C16H17BN4OS/c1-16(7-14(22)21(2)15(19)20-16)13-5-10(8-23-13)9-3-11(17)6-12(18)4-9/h3-6,8H,7,18H2,1-2H3,(H2,19,20)/t16-/m0/s1. The Morgan fingerprint density at radius 3 is 2.65 bits per heavy atom. The number of hydrogen-bond acceptors (Lipinski definition) is 5. The number of nitrogen functional groups attached to an aromatic ring is 1. The fourth-order valence-electron chi connectivity index (χ4n) is 2.66. The Morgan fingerprint density at radius 1 is 1.26 bits per heavy atom. The third kappa shape index (κ3) is 2.84. The first kappa shape index (κ1) is 15.6. The molecule has 0 fully saturated rings. The van der Waals surface area contributed by atoms with Crippen LogP contribution in [-0.4, -0.2) is 31.7 Å². The lowest BCUT2D eigenvalue weighted by atomic mass is 9.90. The number of nitrogens with two attached hydrogens (primary N) is 2. The zero-order valence-electron chi connectivity index (χ0n) is 13.0. The molecule has 2 radical (unpaired) electrons. The van der Waals surface area contributed by atoms with E-state index in [4.69, 9.17) is 19.3 Å². The number of nitrogens with zero attached hydrogens (tertiary/aromatic N) is 2. The first-order valence-corrected chi connectivity index (χ1v) is 8.04. The molecule has 1 atom stereocenters. The Labute approximate surface area is 140 Å². The highest BCUT2D eigenvalue weighted by molar-refractivity contribution is 7.10. The van der Waals surface area contributed by atoms with E-state index in [0.29, 0.717) is 17.6 Å². The third-order valence-electron chi connectivity index (χ3n) is 4.02. The van der Waals surface area contributed by atoms with Crippen molar-refractivity contribution in [1.82, 2.24) is 4.90 Å². The minimum atomic E-state index is -0.636. The van der Waals surface area contributed by atoms with Crippen LogP contribution >= 0.6 is 11.3 Å². The first-order valence-electron chi connectivity index (χ1n) is 7.16. The summed E-state index contributed by atoms with van der Waals surface area (Å²) in [4.78, 5) is 19.0. The van der Waals surface area contributed by atoms with Gasteiger partial charge in [-0.3, -0.25) is 9.69 Å². The van der Waals surface area contributed by atoms with Crippen LogP contribution in [0.5, 0.6) is 0 Å². The summed E-state index contributed by atoms with van der Waals surface area (Å²) in [5.41, 5.74) is 14.3. The van der Waals surface area contributed by atoms with Gasteiger partial charge in [-0.2, -0.15) is 0 Å². The van der Waals surface area contributed by atoms with Crippen molar-refractivity contribution in [2.24, 2.45) is 10.7 Å². The second kappa shape index (κ2) is 5.42. The van der Waals surface area contributed by atoms with Crippen LogP contribution in [0.4, 0.5) is 5.69 Å². The molecule has 2 aromatic rings. The highest BCUT2D eigenvalue weighted by Crippen LogP contribution is 2.39. The van der Waals surface area contributed by atoms with E-state index in [0.717, 1.165) is 16.0 Å². The number of aliphatic imine (C=N–C) groups is 1. The number of benzene rings is 1. The van der Waals surface area contributed by atoms with Crippen LogP contribution in [0.2, 0.25) is 0 Å². The van der Waals surface area contributed by atoms with Crippen LogP contribution in [0.25, 0.3) is 11.1 Å². The van der Waals surface area contributed by atoms with Crippen LogP contribution in [0, 0.1) is 0 Å². The number of hydrogen-bond donors (Lipinski definition) is 2.